The highest BCUT2D eigenvalue weighted by Gasteiger charge is 2.44. The van der Waals surface area contributed by atoms with Gasteiger partial charge in [0.15, 0.2) is 0 Å². The SMILES string of the molecule is O=C(O)c1cccc([C@@H]2C[C@H]2C(=O)Nc2ccc3cnccc3c2)c1. The molecule has 1 heterocycles. The Morgan fingerprint density at radius 2 is 1.96 bits per heavy atom. The first-order valence-electron chi connectivity index (χ1n) is 8.10. The van der Waals surface area contributed by atoms with Gasteiger partial charge in [-0.1, -0.05) is 18.2 Å². The molecule has 0 saturated heterocycles. The number of pyridine rings is 1. The maximum absolute atomic E-state index is 12.5. The Morgan fingerprint density at radius 1 is 1.08 bits per heavy atom. The van der Waals surface area contributed by atoms with Crippen LogP contribution in [0.15, 0.2) is 60.9 Å². The summed E-state index contributed by atoms with van der Waals surface area (Å²) in [6.45, 7) is 0. The molecule has 0 unspecified atom stereocenters. The number of amides is 1. The summed E-state index contributed by atoms with van der Waals surface area (Å²) < 4.78 is 0. The Hall–Kier alpha value is -3.21. The quantitative estimate of drug-likeness (QED) is 0.764. The monoisotopic (exact) mass is 332 g/mol. The number of carboxylic acid groups (broad SMARTS) is 1. The highest BCUT2D eigenvalue weighted by molar-refractivity contribution is 5.97. The molecule has 1 aromatic heterocycles. The molecule has 1 aliphatic rings. The van der Waals surface area contributed by atoms with Crippen molar-refractivity contribution in [3.05, 3.63) is 72.1 Å². The van der Waals surface area contributed by atoms with Crippen molar-refractivity contribution < 1.29 is 14.7 Å². The van der Waals surface area contributed by atoms with E-state index >= 15 is 0 Å². The van der Waals surface area contributed by atoms with Crippen LogP contribution in [0.25, 0.3) is 10.8 Å². The molecule has 5 nitrogen and oxygen atoms in total. The minimum atomic E-state index is -0.950. The molecule has 3 aromatic rings. The number of carbonyl (C=O) groups is 2. The molecular formula is C20H16N2O3. The van der Waals surface area contributed by atoms with Gasteiger partial charge in [0.25, 0.3) is 0 Å². The van der Waals surface area contributed by atoms with Gasteiger partial charge in [-0.25, -0.2) is 4.79 Å². The van der Waals surface area contributed by atoms with E-state index in [9.17, 15) is 9.59 Å². The van der Waals surface area contributed by atoms with Crippen molar-refractivity contribution in [3.8, 4) is 0 Å². The molecule has 25 heavy (non-hydrogen) atoms. The molecule has 2 N–H and O–H groups in total. The van der Waals surface area contributed by atoms with E-state index in [4.69, 9.17) is 5.11 Å². The van der Waals surface area contributed by atoms with Gasteiger partial charge in [-0.3, -0.25) is 9.78 Å². The average Bonchev–Trinajstić information content (AvgIpc) is 3.43. The van der Waals surface area contributed by atoms with E-state index < -0.39 is 5.97 Å². The summed E-state index contributed by atoms with van der Waals surface area (Å²) in [5.41, 5.74) is 1.92. The lowest BCUT2D eigenvalue weighted by atomic mass is 10.1. The number of hydrogen-bond acceptors (Lipinski definition) is 3. The molecule has 0 radical (unpaired) electrons. The van der Waals surface area contributed by atoms with Crippen LogP contribution in [0.3, 0.4) is 0 Å². The van der Waals surface area contributed by atoms with Crippen LogP contribution >= 0.6 is 0 Å². The van der Waals surface area contributed by atoms with E-state index in [1.807, 2.05) is 30.3 Å². The summed E-state index contributed by atoms with van der Waals surface area (Å²) in [5.74, 6) is -1.01. The van der Waals surface area contributed by atoms with Crippen molar-refractivity contribution in [2.45, 2.75) is 12.3 Å². The van der Waals surface area contributed by atoms with E-state index in [1.165, 1.54) is 0 Å². The van der Waals surface area contributed by atoms with Crippen LogP contribution in [0.2, 0.25) is 0 Å². The zero-order valence-corrected chi connectivity index (χ0v) is 13.3. The number of benzene rings is 2. The molecule has 124 valence electrons. The first kappa shape index (κ1) is 15.3. The van der Waals surface area contributed by atoms with Gasteiger partial charge in [0, 0.05) is 29.4 Å². The van der Waals surface area contributed by atoms with Crippen LogP contribution in [0.1, 0.15) is 28.3 Å². The predicted molar refractivity (Wildman–Crippen MR) is 94.6 cm³/mol. The fourth-order valence-corrected chi connectivity index (χ4v) is 3.15. The Kier molecular flexibility index (Phi) is 3.69. The summed E-state index contributed by atoms with van der Waals surface area (Å²) >= 11 is 0. The molecule has 5 heteroatoms. The van der Waals surface area contributed by atoms with Crippen molar-refractivity contribution in [1.82, 2.24) is 4.98 Å². The summed E-state index contributed by atoms with van der Waals surface area (Å²) in [6.07, 6.45) is 4.25. The molecule has 0 spiro atoms. The summed E-state index contributed by atoms with van der Waals surface area (Å²) in [4.78, 5) is 27.6. The number of aromatic nitrogens is 1. The Morgan fingerprint density at radius 3 is 2.80 bits per heavy atom. The second kappa shape index (κ2) is 6.02. The summed E-state index contributed by atoms with van der Waals surface area (Å²) in [6, 6.07) is 14.5. The average molecular weight is 332 g/mol. The lowest BCUT2D eigenvalue weighted by molar-refractivity contribution is -0.117. The van der Waals surface area contributed by atoms with Gasteiger partial charge in [0.2, 0.25) is 5.91 Å². The second-order valence-electron chi connectivity index (χ2n) is 6.31. The van der Waals surface area contributed by atoms with Crippen LogP contribution < -0.4 is 5.32 Å². The van der Waals surface area contributed by atoms with Gasteiger partial charge < -0.3 is 10.4 Å². The molecule has 0 aliphatic heterocycles. The second-order valence-corrected chi connectivity index (χ2v) is 6.31. The van der Waals surface area contributed by atoms with Gasteiger partial charge in [-0.05, 0) is 53.6 Å². The normalized spacial score (nSPS) is 18.7. The Bertz CT molecular complexity index is 983. The molecule has 1 aliphatic carbocycles. The molecule has 2 atom stereocenters. The van der Waals surface area contributed by atoms with Crippen molar-refractivity contribution in [3.63, 3.8) is 0 Å². The molecule has 1 saturated carbocycles. The molecule has 0 bridgehead atoms. The number of carbonyl (C=O) groups excluding carboxylic acids is 1. The van der Waals surface area contributed by atoms with Gasteiger partial charge in [0.1, 0.15) is 0 Å². The first-order valence-corrected chi connectivity index (χ1v) is 8.10. The molecule has 1 amide bonds. The lowest BCUT2D eigenvalue weighted by Gasteiger charge is -2.07. The lowest BCUT2D eigenvalue weighted by Crippen LogP contribution is -2.14. The van der Waals surface area contributed by atoms with Crippen LogP contribution in [-0.2, 0) is 4.79 Å². The predicted octanol–water partition coefficient (Wildman–Crippen LogP) is 3.68. The third kappa shape index (κ3) is 3.08. The van der Waals surface area contributed by atoms with Crippen LogP contribution in [0, 0.1) is 5.92 Å². The van der Waals surface area contributed by atoms with Gasteiger partial charge in [0.05, 0.1) is 5.56 Å². The van der Waals surface area contributed by atoms with Crippen molar-refractivity contribution in [2.75, 3.05) is 5.32 Å². The van der Waals surface area contributed by atoms with Crippen LogP contribution in [0.4, 0.5) is 5.69 Å². The van der Waals surface area contributed by atoms with Gasteiger partial charge in [-0.15, -0.1) is 0 Å². The number of nitrogens with zero attached hydrogens (tertiary/aromatic N) is 1. The number of hydrogen-bond donors (Lipinski definition) is 2. The molecular weight excluding hydrogens is 316 g/mol. The van der Waals surface area contributed by atoms with Crippen LogP contribution in [-0.4, -0.2) is 22.0 Å². The van der Waals surface area contributed by atoms with Crippen molar-refractivity contribution in [1.29, 1.82) is 0 Å². The fraction of sp³-hybridized carbons (Fsp3) is 0.150. The van der Waals surface area contributed by atoms with E-state index in [0.29, 0.717) is 0 Å². The number of carboxylic acids is 1. The zero-order chi connectivity index (χ0) is 17.4. The smallest absolute Gasteiger partial charge is 0.335 e. The number of anilines is 1. The van der Waals surface area contributed by atoms with E-state index in [0.717, 1.165) is 28.4 Å². The summed E-state index contributed by atoms with van der Waals surface area (Å²) in [7, 11) is 0. The van der Waals surface area contributed by atoms with Crippen molar-refractivity contribution >= 4 is 28.3 Å². The van der Waals surface area contributed by atoms with E-state index in [2.05, 4.69) is 10.3 Å². The van der Waals surface area contributed by atoms with Gasteiger partial charge in [-0.2, -0.15) is 0 Å². The number of aromatic carboxylic acids is 1. The number of rotatable bonds is 4. The first-order chi connectivity index (χ1) is 12.1. The maximum Gasteiger partial charge on any atom is 0.335 e. The Labute approximate surface area is 144 Å². The van der Waals surface area contributed by atoms with Crippen LogP contribution in [0.5, 0.6) is 0 Å². The minimum absolute atomic E-state index is 0.0286. The summed E-state index contributed by atoms with van der Waals surface area (Å²) in [5, 5.41) is 14.1. The fourth-order valence-electron chi connectivity index (χ4n) is 3.15. The van der Waals surface area contributed by atoms with Gasteiger partial charge >= 0.3 is 5.97 Å². The highest BCUT2D eigenvalue weighted by Crippen LogP contribution is 2.48. The highest BCUT2D eigenvalue weighted by atomic mass is 16.4. The zero-order valence-electron chi connectivity index (χ0n) is 13.3. The van der Waals surface area contributed by atoms with E-state index in [1.54, 1.807) is 30.6 Å². The topological polar surface area (TPSA) is 79.3 Å². The number of fused-ring (bicyclic) bond motifs is 1. The van der Waals surface area contributed by atoms with E-state index in [-0.39, 0.29) is 23.3 Å². The Balaban J connectivity index is 1.47. The largest absolute Gasteiger partial charge is 0.478 e. The third-order valence-corrected chi connectivity index (χ3v) is 4.60. The standard InChI is InChI=1S/C20H16N2O3/c23-19(22-16-5-4-15-11-21-7-6-12(15)9-16)18-10-17(18)13-2-1-3-14(8-13)20(24)25/h1-9,11,17-18H,10H2,(H,22,23)(H,24,25)/t17-,18+/m0/s1. The maximum atomic E-state index is 12.5. The molecule has 4 rings (SSSR count). The minimum Gasteiger partial charge on any atom is -0.478 e. The number of nitrogens with one attached hydrogen (secondary N) is 1. The van der Waals surface area contributed by atoms with Crippen molar-refractivity contribution in [2.24, 2.45) is 5.92 Å². The third-order valence-electron chi connectivity index (χ3n) is 4.60. The molecule has 1 fully saturated rings. The molecule has 2 aromatic carbocycles.